The molecule has 1 heterocycles. The normalized spacial score (nSPS) is 11.8. The van der Waals surface area contributed by atoms with Gasteiger partial charge in [0.25, 0.3) is 0 Å². The van der Waals surface area contributed by atoms with Gasteiger partial charge >= 0.3 is 6.18 Å². The number of aldehydes is 1. The minimum absolute atomic E-state index is 0.105. The summed E-state index contributed by atoms with van der Waals surface area (Å²) in [4.78, 5) is 14.1. The lowest BCUT2D eigenvalue weighted by molar-refractivity contribution is -0.136. The first-order valence-electron chi connectivity index (χ1n) is 6.35. The van der Waals surface area contributed by atoms with Gasteiger partial charge in [0.05, 0.1) is 16.8 Å². The zero-order valence-electron chi connectivity index (χ0n) is 11.0. The molecule has 1 aromatic heterocycles. The van der Waals surface area contributed by atoms with E-state index in [1.165, 1.54) is 12.1 Å². The number of carbonyl (C=O) groups is 1. The monoisotopic (exact) mass is 323 g/mol. The van der Waals surface area contributed by atoms with Crippen molar-refractivity contribution in [2.24, 2.45) is 0 Å². The van der Waals surface area contributed by atoms with Crippen LogP contribution in [0.5, 0.6) is 0 Å². The number of hydrogen-bond acceptors (Lipinski definition) is 1. The summed E-state index contributed by atoms with van der Waals surface area (Å²) >= 11 is 5.91. The number of alkyl halides is 3. The molecule has 0 unspecified atom stereocenters. The first-order chi connectivity index (χ1) is 10.4. The molecule has 0 atom stereocenters. The number of hydrogen-bond donors (Lipinski definition) is 1. The fourth-order valence-electron chi connectivity index (χ4n) is 2.47. The van der Waals surface area contributed by atoms with Crippen LogP contribution in [0.25, 0.3) is 22.2 Å². The van der Waals surface area contributed by atoms with E-state index < -0.39 is 11.7 Å². The van der Waals surface area contributed by atoms with E-state index in [-0.39, 0.29) is 16.5 Å². The van der Waals surface area contributed by atoms with Crippen LogP contribution < -0.4 is 0 Å². The van der Waals surface area contributed by atoms with Crippen LogP contribution in [-0.4, -0.2) is 11.3 Å². The van der Waals surface area contributed by atoms with E-state index in [1.54, 1.807) is 24.3 Å². The summed E-state index contributed by atoms with van der Waals surface area (Å²) in [6, 6.07) is 10.3. The minimum Gasteiger partial charge on any atom is -0.353 e. The molecule has 0 saturated carbocycles. The summed E-state index contributed by atoms with van der Waals surface area (Å²) in [6.45, 7) is 0. The van der Waals surface area contributed by atoms with Gasteiger partial charge in [0.15, 0.2) is 6.29 Å². The number of nitrogens with one attached hydrogen (secondary N) is 1. The van der Waals surface area contributed by atoms with Crippen molar-refractivity contribution >= 4 is 28.8 Å². The van der Waals surface area contributed by atoms with Crippen molar-refractivity contribution in [2.75, 3.05) is 0 Å². The number of para-hydroxylation sites is 1. The third-order valence-corrected chi connectivity index (χ3v) is 3.65. The number of benzene rings is 2. The lowest BCUT2D eigenvalue weighted by Crippen LogP contribution is -2.05. The van der Waals surface area contributed by atoms with E-state index in [9.17, 15) is 18.0 Å². The molecular formula is C16H9ClF3NO. The van der Waals surface area contributed by atoms with Crippen LogP contribution in [0.15, 0.2) is 42.5 Å². The summed E-state index contributed by atoms with van der Waals surface area (Å²) in [5.74, 6) is 0. The second-order valence-corrected chi connectivity index (χ2v) is 5.20. The van der Waals surface area contributed by atoms with Gasteiger partial charge in [0.2, 0.25) is 0 Å². The fourth-order valence-corrected chi connectivity index (χ4v) is 2.66. The highest BCUT2D eigenvalue weighted by atomic mass is 35.5. The maximum Gasteiger partial charge on any atom is 0.418 e. The molecule has 0 aliphatic heterocycles. The van der Waals surface area contributed by atoms with Gasteiger partial charge in [-0.2, -0.15) is 13.2 Å². The highest BCUT2D eigenvalue weighted by molar-refractivity contribution is 6.30. The standard InChI is InChI=1S/C16H9ClF3NO/c17-10-4-1-3-9(7-10)14-12(8-22)11-5-2-6-13(15(11)21-14)16(18,19)20/h1-8,21H. The molecule has 6 heteroatoms. The van der Waals surface area contributed by atoms with Gasteiger partial charge in [-0.25, -0.2) is 0 Å². The number of H-pyrrole nitrogens is 1. The highest BCUT2D eigenvalue weighted by Crippen LogP contribution is 2.38. The van der Waals surface area contributed by atoms with Gasteiger partial charge in [0.1, 0.15) is 0 Å². The van der Waals surface area contributed by atoms with Gasteiger partial charge in [-0.3, -0.25) is 4.79 Å². The second kappa shape index (κ2) is 5.18. The Morgan fingerprint density at radius 1 is 1.09 bits per heavy atom. The Balaban J connectivity index is 2.35. The zero-order chi connectivity index (χ0) is 15.9. The summed E-state index contributed by atoms with van der Waals surface area (Å²) in [5, 5.41) is 0.670. The number of fused-ring (bicyclic) bond motifs is 1. The first-order valence-corrected chi connectivity index (χ1v) is 6.72. The summed E-state index contributed by atoms with van der Waals surface area (Å²) in [6.07, 6.45) is -3.95. The molecule has 0 aliphatic carbocycles. The Labute approximate surface area is 128 Å². The number of aromatic nitrogens is 1. The number of rotatable bonds is 2. The van der Waals surface area contributed by atoms with Crippen molar-refractivity contribution in [3.8, 4) is 11.3 Å². The number of carbonyl (C=O) groups excluding carboxylic acids is 1. The summed E-state index contributed by atoms with van der Waals surface area (Å²) in [7, 11) is 0. The van der Waals surface area contributed by atoms with E-state index in [4.69, 9.17) is 11.6 Å². The molecule has 3 rings (SSSR count). The van der Waals surface area contributed by atoms with Crippen LogP contribution in [0.3, 0.4) is 0 Å². The van der Waals surface area contributed by atoms with Gasteiger partial charge in [-0.1, -0.05) is 35.9 Å². The molecule has 0 spiro atoms. The Hall–Kier alpha value is -2.27. The van der Waals surface area contributed by atoms with Crippen LogP contribution in [0.1, 0.15) is 15.9 Å². The molecule has 0 fully saturated rings. The summed E-state index contributed by atoms with van der Waals surface area (Å²) in [5.41, 5.74) is 0.153. The fraction of sp³-hybridized carbons (Fsp3) is 0.0625. The molecule has 3 aromatic rings. The molecule has 0 amide bonds. The predicted octanol–water partition coefficient (Wildman–Crippen LogP) is 5.32. The van der Waals surface area contributed by atoms with Crippen LogP contribution in [0, 0.1) is 0 Å². The van der Waals surface area contributed by atoms with Crippen LogP contribution in [0.4, 0.5) is 13.2 Å². The highest BCUT2D eigenvalue weighted by Gasteiger charge is 2.34. The lowest BCUT2D eigenvalue weighted by atomic mass is 10.0. The molecule has 0 aliphatic rings. The molecule has 0 saturated heterocycles. The van der Waals surface area contributed by atoms with Crippen molar-refractivity contribution in [3.63, 3.8) is 0 Å². The third kappa shape index (κ3) is 2.37. The quantitative estimate of drug-likeness (QED) is 0.636. The molecular weight excluding hydrogens is 315 g/mol. The Bertz CT molecular complexity index is 867. The SMILES string of the molecule is O=Cc1c(-c2cccc(Cl)c2)[nH]c2c(C(F)(F)F)cccc12. The molecule has 0 radical (unpaired) electrons. The first kappa shape index (κ1) is 14.7. The Kier molecular flexibility index (Phi) is 3.45. The van der Waals surface area contributed by atoms with Crippen LogP contribution in [-0.2, 0) is 6.18 Å². The summed E-state index contributed by atoms with van der Waals surface area (Å²) < 4.78 is 39.3. The largest absolute Gasteiger partial charge is 0.418 e. The lowest BCUT2D eigenvalue weighted by Gasteiger charge is -2.07. The van der Waals surface area contributed by atoms with Crippen molar-refractivity contribution < 1.29 is 18.0 Å². The molecule has 1 N–H and O–H groups in total. The van der Waals surface area contributed by atoms with E-state index in [0.29, 0.717) is 22.6 Å². The zero-order valence-corrected chi connectivity index (χ0v) is 11.8. The van der Waals surface area contributed by atoms with E-state index in [2.05, 4.69) is 4.98 Å². The number of halogens is 4. The van der Waals surface area contributed by atoms with Gasteiger partial charge < -0.3 is 4.98 Å². The number of aromatic amines is 1. The molecule has 22 heavy (non-hydrogen) atoms. The third-order valence-electron chi connectivity index (χ3n) is 3.41. The maximum absolute atomic E-state index is 13.1. The average molecular weight is 324 g/mol. The van der Waals surface area contributed by atoms with Crippen molar-refractivity contribution in [1.29, 1.82) is 0 Å². The van der Waals surface area contributed by atoms with Gasteiger partial charge in [-0.05, 0) is 18.2 Å². The van der Waals surface area contributed by atoms with Crippen molar-refractivity contribution in [2.45, 2.75) is 6.18 Å². The topological polar surface area (TPSA) is 32.9 Å². The van der Waals surface area contributed by atoms with E-state index in [1.807, 2.05) is 0 Å². The van der Waals surface area contributed by atoms with E-state index >= 15 is 0 Å². The molecule has 2 aromatic carbocycles. The molecule has 0 bridgehead atoms. The van der Waals surface area contributed by atoms with Crippen LogP contribution in [0.2, 0.25) is 5.02 Å². The molecule has 2 nitrogen and oxygen atoms in total. The Morgan fingerprint density at radius 2 is 1.82 bits per heavy atom. The second-order valence-electron chi connectivity index (χ2n) is 4.77. The predicted molar refractivity (Wildman–Crippen MR) is 79.1 cm³/mol. The Morgan fingerprint density at radius 3 is 2.45 bits per heavy atom. The van der Waals surface area contributed by atoms with E-state index in [0.717, 1.165) is 6.07 Å². The maximum atomic E-state index is 13.1. The van der Waals surface area contributed by atoms with Gasteiger partial charge in [0, 0.05) is 21.5 Å². The average Bonchev–Trinajstić information content (AvgIpc) is 2.84. The van der Waals surface area contributed by atoms with Gasteiger partial charge in [-0.15, -0.1) is 0 Å². The minimum atomic E-state index is -4.50. The van der Waals surface area contributed by atoms with Crippen molar-refractivity contribution in [3.05, 3.63) is 58.6 Å². The smallest absolute Gasteiger partial charge is 0.353 e. The molecule has 112 valence electrons. The van der Waals surface area contributed by atoms with Crippen molar-refractivity contribution in [1.82, 2.24) is 4.98 Å². The van der Waals surface area contributed by atoms with Crippen LogP contribution >= 0.6 is 11.6 Å².